The van der Waals surface area contributed by atoms with Crippen molar-refractivity contribution in [2.24, 2.45) is 11.8 Å². The van der Waals surface area contributed by atoms with Crippen LogP contribution in [0.5, 0.6) is 17.2 Å². The summed E-state index contributed by atoms with van der Waals surface area (Å²) in [6.45, 7) is 0.153. The summed E-state index contributed by atoms with van der Waals surface area (Å²) in [6.07, 6.45) is 1.59. The Kier molecular flexibility index (Phi) is 5.62. The molecule has 2 atom stereocenters. The molecule has 9 heteroatoms. The van der Waals surface area contributed by atoms with Gasteiger partial charge in [-0.1, -0.05) is 0 Å². The van der Waals surface area contributed by atoms with Crippen molar-refractivity contribution >= 4 is 23.5 Å². The highest BCUT2D eigenvalue weighted by atomic mass is 16.5. The van der Waals surface area contributed by atoms with E-state index in [1.54, 1.807) is 12.1 Å². The van der Waals surface area contributed by atoms with Crippen molar-refractivity contribution in [1.29, 1.82) is 0 Å². The van der Waals surface area contributed by atoms with Gasteiger partial charge >= 0.3 is 5.97 Å². The molecule has 1 heterocycles. The Labute approximate surface area is 162 Å². The largest absolute Gasteiger partial charge is 0.493 e. The SMILES string of the molecule is COc1cc(N2CC(C(=O)NC(C(=O)O)C3CC3)CC2=O)cc(OC)c1OC. The van der Waals surface area contributed by atoms with Gasteiger partial charge < -0.3 is 29.5 Å². The summed E-state index contributed by atoms with van der Waals surface area (Å²) in [4.78, 5) is 37.9. The number of carboxylic acids is 1. The number of amides is 2. The van der Waals surface area contributed by atoms with Crippen LogP contribution in [0, 0.1) is 11.8 Å². The first-order chi connectivity index (χ1) is 13.4. The smallest absolute Gasteiger partial charge is 0.326 e. The molecule has 9 nitrogen and oxygen atoms in total. The standard InChI is InChI=1S/C19H24N2O7/c1-26-13-7-12(8-14(27-2)17(13)28-3)21-9-11(6-15(21)22)18(23)20-16(19(24)25)10-4-5-10/h7-8,10-11,16H,4-6,9H2,1-3H3,(H,20,23)(H,24,25). The number of methoxy groups -OCH3 is 3. The Morgan fingerprint density at radius 3 is 2.21 bits per heavy atom. The number of ether oxygens (including phenoxy) is 3. The summed E-state index contributed by atoms with van der Waals surface area (Å²) in [7, 11) is 4.44. The van der Waals surface area contributed by atoms with E-state index in [0.717, 1.165) is 12.8 Å². The van der Waals surface area contributed by atoms with Gasteiger partial charge in [0.1, 0.15) is 6.04 Å². The van der Waals surface area contributed by atoms with Crippen LogP contribution in [-0.2, 0) is 14.4 Å². The van der Waals surface area contributed by atoms with E-state index in [4.69, 9.17) is 14.2 Å². The lowest BCUT2D eigenvalue weighted by molar-refractivity contribution is -0.143. The predicted octanol–water partition coefficient (Wildman–Crippen LogP) is 1.04. The van der Waals surface area contributed by atoms with Gasteiger partial charge in [0.2, 0.25) is 17.6 Å². The minimum absolute atomic E-state index is 0.0134. The fourth-order valence-electron chi connectivity index (χ4n) is 3.44. The summed E-state index contributed by atoms with van der Waals surface area (Å²) in [5.74, 6) is -1.12. The quantitative estimate of drug-likeness (QED) is 0.679. The third kappa shape index (κ3) is 3.83. The molecule has 0 bridgehead atoms. The number of hydrogen-bond donors (Lipinski definition) is 2. The molecule has 2 unspecified atom stereocenters. The minimum Gasteiger partial charge on any atom is -0.493 e. The molecular weight excluding hydrogens is 368 g/mol. The van der Waals surface area contributed by atoms with Gasteiger partial charge in [-0.15, -0.1) is 0 Å². The summed E-state index contributed by atoms with van der Waals surface area (Å²) in [5.41, 5.74) is 0.520. The molecule has 0 radical (unpaired) electrons. The van der Waals surface area contributed by atoms with Crippen molar-refractivity contribution in [2.75, 3.05) is 32.8 Å². The number of carbonyl (C=O) groups excluding carboxylic acids is 2. The van der Waals surface area contributed by atoms with Gasteiger partial charge in [-0.3, -0.25) is 9.59 Å². The molecule has 1 aromatic rings. The lowest BCUT2D eigenvalue weighted by atomic mass is 10.1. The molecule has 1 aliphatic carbocycles. The van der Waals surface area contributed by atoms with E-state index in [1.807, 2.05) is 0 Å². The highest BCUT2D eigenvalue weighted by Crippen LogP contribution is 2.42. The van der Waals surface area contributed by atoms with Crippen molar-refractivity contribution in [3.8, 4) is 17.2 Å². The maximum absolute atomic E-state index is 12.5. The maximum Gasteiger partial charge on any atom is 0.326 e. The van der Waals surface area contributed by atoms with Crippen LogP contribution in [0.3, 0.4) is 0 Å². The Morgan fingerprint density at radius 2 is 1.75 bits per heavy atom. The van der Waals surface area contributed by atoms with Crippen LogP contribution in [0.15, 0.2) is 12.1 Å². The normalized spacial score (nSPS) is 19.9. The number of hydrogen-bond acceptors (Lipinski definition) is 6. The van der Waals surface area contributed by atoms with E-state index in [2.05, 4.69) is 5.32 Å². The third-order valence-corrected chi connectivity index (χ3v) is 5.11. The van der Waals surface area contributed by atoms with Gasteiger partial charge in [0.05, 0.1) is 32.9 Å². The van der Waals surface area contributed by atoms with Crippen LogP contribution in [0.2, 0.25) is 0 Å². The van der Waals surface area contributed by atoms with E-state index < -0.39 is 23.8 Å². The Hall–Kier alpha value is -2.97. The first-order valence-corrected chi connectivity index (χ1v) is 9.03. The van der Waals surface area contributed by atoms with Gasteiger partial charge in [-0.2, -0.15) is 0 Å². The van der Waals surface area contributed by atoms with Gasteiger partial charge in [0.15, 0.2) is 11.5 Å². The molecule has 1 saturated heterocycles. The monoisotopic (exact) mass is 392 g/mol. The molecule has 0 spiro atoms. The van der Waals surface area contributed by atoms with Crippen molar-refractivity contribution in [2.45, 2.75) is 25.3 Å². The zero-order chi connectivity index (χ0) is 20.4. The van der Waals surface area contributed by atoms with Crippen LogP contribution in [-0.4, -0.2) is 56.8 Å². The van der Waals surface area contributed by atoms with Crippen LogP contribution in [0.25, 0.3) is 0 Å². The average Bonchev–Trinajstić information content (AvgIpc) is 3.45. The summed E-state index contributed by atoms with van der Waals surface area (Å²) < 4.78 is 15.9. The number of nitrogens with one attached hydrogen (secondary N) is 1. The molecule has 3 rings (SSSR count). The summed E-state index contributed by atoms with van der Waals surface area (Å²) in [5, 5.41) is 11.9. The molecule has 2 amide bonds. The number of rotatable bonds is 8. The van der Waals surface area contributed by atoms with Crippen LogP contribution in [0.1, 0.15) is 19.3 Å². The molecule has 2 fully saturated rings. The topological polar surface area (TPSA) is 114 Å². The van der Waals surface area contributed by atoms with E-state index >= 15 is 0 Å². The zero-order valence-corrected chi connectivity index (χ0v) is 16.1. The molecule has 1 saturated carbocycles. The average molecular weight is 392 g/mol. The molecule has 28 heavy (non-hydrogen) atoms. The number of benzene rings is 1. The fourth-order valence-corrected chi connectivity index (χ4v) is 3.44. The van der Waals surface area contributed by atoms with E-state index in [9.17, 15) is 19.5 Å². The lowest BCUT2D eigenvalue weighted by Crippen LogP contribution is -2.45. The second-order valence-corrected chi connectivity index (χ2v) is 6.95. The Bertz CT molecular complexity index is 765. The van der Waals surface area contributed by atoms with Crippen molar-refractivity contribution in [3.05, 3.63) is 12.1 Å². The van der Waals surface area contributed by atoms with Crippen LogP contribution >= 0.6 is 0 Å². The predicted molar refractivity (Wildman–Crippen MR) is 98.8 cm³/mol. The third-order valence-electron chi connectivity index (χ3n) is 5.11. The van der Waals surface area contributed by atoms with E-state index in [-0.39, 0.29) is 24.8 Å². The first kappa shape index (κ1) is 19.8. The number of carbonyl (C=O) groups is 3. The molecule has 0 aromatic heterocycles. The number of aliphatic carboxylic acids is 1. The van der Waals surface area contributed by atoms with E-state index in [1.165, 1.54) is 26.2 Å². The second kappa shape index (κ2) is 7.95. The van der Waals surface area contributed by atoms with Gasteiger partial charge in [0.25, 0.3) is 0 Å². The molecule has 2 aliphatic rings. The Balaban J connectivity index is 1.77. The molecule has 1 aliphatic heterocycles. The molecular formula is C19H24N2O7. The Morgan fingerprint density at radius 1 is 1.14 bits per heavy atom. The summed E-state index contributed by atoms with van der Waals surface area (Å²) >= 11 is 0. The molecule has 152 valence electrons. The molecule has 1 aromatic carbocycles. The van der Waals surface area contributed by atoms with Gasteiger partial charge in [-0.25, -0.2) is 4.79 Å². The number of nitrogens with zero attached hydrogens (tertiary/aromatic N) is 1. The highest BCUT2D eigenvalue weighted by molar-refractivity contribution is 6.01. The van der Waals surface area contributed by atoms with Gasteiger partial charge in [-0.05, 0) is 18.8 Å². The highest BCUT2D eigenvalue weighted by Gasteiger charge is 2.41. The van der Waals surface area contributed by atoms with E-state index in [0.29, 0.717) is 22.9 Å². The number of carboxylic acid groups (broad SMARTS) is 1. The number of anilines is 1. The first-order valence-electron chi connectivity index (χ1n) is 9.03. The van der Waals surface area contributed by atoms with Crippen molar-refractivity contribution < 1.29 is 33.7 Å². The van der Waals surface area contributed by atoms with Crippen molar-refractivity contribution in [3.63, 3.8) is 0 Å². The fraction of sp³-hybridized carbons (Fsp3) is 0.526. The summed E-state index contributed by atoms with van der Waals surface area (Å²) in [6, 6.07) is 2.39. The maximum atomic E-state index is 12.5. The van der Waals surface area contributed by atoms with Crippen molar-refractivity contribution in [1.82, 2.24) is 5.32 Å². The second-order valence-electron chi connectivity index (χ2n) is 6.95. The van der Waals surface area contributed by atoms with Crippen LogP contribution in [0.4, 0.5) is 5.69 Å². The lowest BCUT2D eigenvalue weighted by Gasteiger charge is -2.21. The molecule has 2 N–H and O–H groups in total. The minimum atomic E-state index is -1.04. The van der Waals surface area contributed by atoms with Gasteiger partial charge in [0, 0.05) is 25.1 Å². The zero-order valence-electron chi connectivity index (χ0n) is 16.1. The van der Waals surface area contributed by atoms with Crippen LogP contribution < -0.4 is 24.4 Å².